The number of aryl methyl sites for hydroxylation is 1. The van der Waals surface area contributed by atoms with E-state index in [1.165, 1.54) is 16.8 Å². The van der Waals surface area contributed by atoms with Crippen molar-refractivity contribution in [3.63, 3.8) is 0 Å². The molecule has 1 amide bonds. The van der Waals surface area contributed by atoms with Crippen LogP contribution in [-0.4, -0.2) is 58.2 Å². The second-order valence-electron chi connectivity index (χ2n) is 6.09. The molecule has 25 heavy (non-hydrogen) atoms. The molecule has 0 saturated carbocycles. The highest BCUT2D eigenvalue weighted by Crippen LogP contribution is 2.14. The Morgan fingerprint density at radius 1 is 1.20 bits per heavy atom. The standard InChI is InChI=1S/C18H21FN4O2/c1-3-21-8-10-22(11-9-21)18(25)17-16(24)12-13(2)23(20-17)15-7-5-4-6-14(15)19/h4-7,12H,3,8-11H2,1-2H3. The van der Waals surface area contributed by atoms with Gasteiger partial charge in [-0.25, -0.2) is 9.07 Å². The van der Waals surface area contributed by atoms with E-state index in [1.807, 2.05) is 0 Å². The van der Waals surface area contributed by atoms with Crippen LogP contribution < -0.4 is 5.43 Å². The van der Waals surface area contributed by atoms with Gasteiger partial charge in [-0.15, -0.1) is 0 Å². The molecule has 6 nitrogen and oxygen atoms in total. The topological polar surface area (TPSA) is 58.4 Å². The summed E-state index contributed by atoms with van der Waals surface area (Å²) in [5.74, 6) is -0.859. The summed E-state index contributed by atoms with van der Waals surface area (Å²) >= 11 is 0. The molecule has 1 aliphatic heterocycles. The number of carbonyl (C=O) groups is 1. The average Bonchev–Trinajstić information content (AvgIpc) is 2.62. The summed E-state index contributed by atoms with van der Waals surface area (Å²) in [5, 5.41) is 4.18. The number of piperazine rings is 1. The highest BCUT2D eigenvalue weighted by molar-refractivity contribution is 5.92. The van der Waals surface area contributed by atoms with Crippen molar-refractivity contribution in [2.45, 2.75) is 13.8 Å². The van der Waals surface area contributed by atoms with E-state index < -0.39 is 17.2 Å². The molecule has 2 aromatic rings. The summed E-state index contributed by atoms with van der Waals surface area (Å²) in [5.41, 5.74) is 0.0825. The van der Waals surface area contributed by atoms with Crippen LogP contribution in [0.25, 0.3) is 5.69 Å². The lowest BCUT2D eigenvalue weighted by Crippen LogP contribution is -2.49. The Morgan fingerprint density at radius 2 is 1.88 bits per heavy atom. The van der Waals surface area contributed by atoms with Gasteiger partial charge in [0.25, 0.3) is 5.91 Å². The fraction of sp³-hybridized carbons (Fsp3) is 0.389. The third kappa shape index (κ3) is 3.46. The van der Waals surface area contributed by atoms with E-state index in [0.717, 1.165) is 19.6 Å². The molecular formula is C18H21FN4O2. The Kier molecular flexibility index (Phi) is 4.94. The number of hydrogen-bond donors (Lipinski definition) is 0. The molecule has 0 atom stereocenters. The van der Waals surface area contributed by atoms with Gasteiger partial charge in [-0.3, -0.25) is 9.59 Å². The number of halogens is 1. The minimum Gasteiger partial charge on any atom is -0.335 e. The van der Waals surface area contributed by atoms with Crippen molar-refractivity contribution in [2.75, 3.05) is 32.7 Å². The number of carbonyl (C=O) groups excluding carboxylic acids is 1. The molecule has 1 aromatic heterocycles. The normalized spacial score (nSPS) is 15.4. The number of benzene rings is 1. The third-order valence-corrected chi connectivity index (χ3v) is 4.50. The smallest absolute Gasteiger partial charge is 0.278 e. The van der Waals surface area contributed by atoms with E-state index in [9.17, 15) is 14.0 Å². The quantitative estimate of drug-likeness (QED) is 0.846. The Labute approximate surface area is 145 Å². The van der Waals surface area contributed by atoms with Crippen LogP contribution in [0.4, 0.5) is 4.39 Å². The molecule has 0 aliphatic carbocycles. The first-order chi connectivity index (χ1) is 12.0. The Morgan fingerprint density at radius 3 is 2.52 bits per heavy atom. The van der Waals surface area contributed by atoms with Crippen molar-refractivity contribution in [3.05, 3.63) is 57.8 Å². The van der Waals surface area contributed by atoms with Crippen LogP contribution >= 0.6 is 0 Å². The predicted molar refractivity (Wildman–Crippen MR) is 92.5 cm³/mol. The molecule has 2 heterocycles. The molecule has 1 aliphatic rings. The van der Waals surface area contributed by atoms with Crippen molar-refractivity contribution in [2.24, 2.45) is 0 Å². The van der Waals surface area contributed by atoms with Crippen molar-refractivity contribution in [1.82, 2.24) is 19.6 Å². The van der Waals surface area contributed by atoms with E-state index >= 15 is 0 Å². The van der Waals surface area contributed by atoms with Gasteiger partial charge in [0.15, 0.2) is 5.69 Å². The second kappa shape index (κ2) is 7.14. The lowest BCUT2D eigenvalue weighted by molar-refractivity contribution is 0.0634. The van der Waals surface area contributed by atoms with Gasteiger partial charge in [0, 0.05) is 37.9 Å². The highest BCUT2D eigenvalue weighted by atomic mass is 19.1. The molecule has 1 aromatic carbocycles. The van der Waals surface area contributed by atoms with Crippen molar-refractivity contribution >= 4 is 5.91 Å². The number of aromatic nitrogens is 2. The fourth-order valence-electron chi connectivity index (χ4n) is 2.98. The average molecular weight is 344 g/mol. The fourth-order valence-corrected chi connectivity index (χ4v) is 2.98. The number of hydrogen-bond acceptors (Lipinski definition) is 4. The maximum atomic E-state index is 14.1. The number of para-hydroxylation sites is 1. The molecule has 0 N–H and O–H groups in total. The first-order valence-electron chi connectivity index (χ1n) is 8.38. The monoisotopic (exact) mass is 344 g/mol. The van der Waals surface area contributed by atoms with Gasteiger partial charge in [0.2, 0.25) is 5.43 Å². The number of rotatable bonds is 3. The minimum absolute atomic E-state index is 0.168. The largest absolute Gasteiger partial charge is 0.335 e. The minimum atomic E-state index is -0.461. The summed E-state index contributed by atoms with van der Waals surface area (Å²) in [6.45, 7) is 7.33. The van der Waals surface area contributed by atoms with Gasteiger partial charge in [0.1, 0.15) is 11.5 Å². The maximum absolute atomic E-state index is 14.1. The van der Waals surface area contributed by atoms with Crippen LogP contribution in [0.5, 0.6) is 0 Å². The number of amides is 1. The van der Waals surface area contributed by atoms with E-state index in [-0.39, 0.29) is 11.4 Å². The number of nitrogens with zero attached hydrogens (tertiary/aromatic N) is 4. The van der Waals surface area contributed by atoms with Crippen LogP contribution in [0.3, 0.4) is 0 Å². The highest BCUT2D eigenvalue weighted by Gasteiger charge is 2.25. The molecule has 0 bridgehead atoms. The molecule has 7 heteroatoms. The van der Waals surface area contributed by atoms with E-state index in [0.29, 0.717) is 18.8 Å². The molecule has 0 radical (unpaired) electrons. The predicted octanol–water partition coefficient (Wildman–Crippen LogP) is 1.46. The van der Waals surface area contributed by atoms with Crippen LogP contribution in [0, 0.1) is 12.7 Å². The van der Waals surface area contributed by atoms with Gasteiger partial charge < -0.3 is 9.80 Å². The van der Waals surface area contributed by atoms with Crippen molar-refractivity contribution in [3.8, 4) is 5.69 Å². The zero-order valence-corrected chi connectivity index (χ0v) is 14.4. The van der Waals surface area contributed by atoms with Crippen LogP contribution in [0.2, 0.25) is 0 Å². The summed E-state index contributed by atoms with van der Waals surface area (Å²) in [6.07, 6.45) is 0. The molecular weight excluding hydrogens is 323 g/mol. The zero-order valence-electron chi connectivity index (χ0n) is 14.4. The van der Waals surface area contributed by atoms with Gasteiger partial charge in [-0.05, 0) is 25.6 Å². The molecule has 132 valence electrons. The summed E-state index contributed by atoms with van der Waals surface area (Å²) in [6, 6.07) is 7.47. The van der Waals surface area contributed by atoms with Crippen LogP contribution in [0.1, 0.15) is 23.1 Å². The molecule has 1 fully saturated rings. The number of likely N-dealkylation sites (N-methyl/N-ethyl adjacent to an activating group) is 1. The maximum Gasteiger partial charge on any atom is 0.278 e. The van der Waals surface area contributed by atoms with Crippen molar-refractivity contribution in [1.29, 1.82) is 0 Å². The Balaban J connectivity index is 1.95. The van der Waals surface area contributed by atoms with E-state index in [2.05, 4.69) is 16.9 Å². The van der Waals surface area contributed by atoms with E-state index in [1.54, 1.807) is 30.0 Å². The summed E-state index contributed by atoms with van der Waals surface area (Å²) < 4.78 is 15.4. The summed E-state index contributed by atoms with van der Waals surface area (Å²) in [4.78, 5) is 28.9. The van der Waals surface area contributed by atoms with E-state index in [4.69, 9.17) is 0 Å². The van der Waals surface area contributed by atoms with Crippen molar-refractivity contribution < 1.29 is 9.18 Å². The lowest BCUT2D eigenvalue weighted by Gasteiger charge is -2.33. The Bertz CT molecular complexity index is 841. The molecule has 3 rings (SSSR count). The van der Waals surface area contributed by atoms with Crippen LogP contribution in [-0.2, 0) is 0 Å². The second-order valence-corrected chi connectivity index (χ2v) is 6.09. The zero-order chi connectivity index (χ0) is 18.0. The molecule has 0 unspecified atom stereocenters. The van der Waals surface area contributed by atoms with Crippen LogP contribution in [0.15, 0.2) is 35.1 Å². The SMILES string of the molecule is CCN1CCN(C(=O)c2nn(-c3ccccc3F)c(C)cc2=O)CC1. The van der Waals surface area contributed by atoms with Gasteiger partial charge >= 0.3 is 0 Å². The first kappa shape index (κ1) is 17.3. The Hall–Kier alpha value is -2.54. The molecule has 0 spiro atoms. The third-order valence-electron chi connectivity index (χ3n) is 4.50. The van der Waals surface area contributed by atoms with Gasteiger partial charge in [-0.1, -0.05) is 19.1 Å². The lowest BCUT2D eigenvalue weighted by atomic mass is 10.2. The van der Waals surface area contributed by atoms with Gasteiger partial charge in [-0.2, -0.15) is 5.10 Å². The first-order valence-corrected chi connectivity index (χ1v) is 8.38. The van der Waals surface area contributed by atoms with Gasteiger partial charge in [0.05, 0.1) is 0 Å². The summed E-state index contributed by atoms with van der Waals surface area (Å²) in [7, 11) is 0. The molecule has 1 saturated heterocycles.